The molecule has 0 fully saturated rings. The third-order valence-electron chi connectivity index (χ3n) is 2.52. The second kappa shape index (κ2) is 5.31. The van der Waals surface area contributed by atoms with Gasteiger partial charge in [-0.1, -0.05) is 0 Å². The highest BCUT2D eigenvalue weighted by molar-refractivity contribution is 7.08. The van der Waals surface area contributed by atoms with E-state index in [1.807, 2.05) is 26.2 Å². The molecule has 0 atom stereocenters. The number of aryl methyl sites for hydroxylation is 1. The van der Waals surface area contributed by atoms with E-state index in [9.17, 15) is 9.59 Å². The molecule has 0 aliphatic carbocycles. The first kappa shape index (κ1) is 13.7. The first-order valence-electron chi connectivity index (χ1n) is 5.39. The van der Waals surface area contributed by atoms with E-state index in [-0.39, 0.29) is 12.3 Å². The van der Waals surface area contributed by atoms with Crippen LogP contribution in [0.4, 0.5) is 0 Å². The van der Waals surface area contributed by atoms with E-state index in [2.05, 4.69) is 5.32 Å². The summed E-state index contributed by atoms with van der Waals surface area (Å²) in [7, 11) is 0. The summed E-state index contributed by atoms with van der Waals surface area (Å²) < 4.78 is 0. The maximum atomic E-state index is 11.9. The highest BCUT2D eigenvalue weighted by Crippen LogP contribution is 2.17. The van der Waals surface area contributed by atoms with Crippen LogP contribution >= 0.6 is 11.3 Å². The van der Waals surface area contributed by atoms with Gasteiger partial charge in [0.25, 0.3) is 5.91 Å². The van der Waals surface area contributed by atoms with Crippen molar-refractivity contribution in [2.75, 3.05) is 0 Å². The minimum absolute atomic E-state index is 0.0515. The van der Waals surface area contributed by atoms with Crippen molar-refractivity contribution in [2.24, 2.45) is 0 Å². The van der Waals surface area contributed by atoms with Crippen LogP contribution in [0.15, 0.2) is 10.8 Å². The number of rotatable bonds is 5. The lowest BCUT2D eigenvalue weighted by molar-refractivity contribution is -0.137. The van der Waals surface area contributed by atoms with Crippen molar-refractivity contribution >= 4 is 23.2 Å². The van der Waals surface area contributed by atoms with Gasteiger partial charge in [-0.25, -0.2) is 0 Å². The summed E-state index contributed by atoms with van der Waals surface area (Å²) in [4.78, 5) is 22.4. The zero-order valence-corrected chi connectivity index (χ0v) is 11.1. The van der Waals surface area contributed by atoms with E-state index < -0.39 is 11.5 Å². The van der Waals surface area contributed by atoms with Crippen LogP contribution in [0.2, 0.25) is 0 Å². The summed E-state index contributed by atoms with van der Waals surface area (Å²) in [5, 5.41) is 15.2. The summed E-state index contributed by atoms with van der Waals surface area (Å²) in [5.74, 6) is -0.988. The molecular weight excluding hydrogens is 238 g/mol. The summed E-state index contributed by atoms with van der Waals surface area (Å²) in [6, 6.07) is 0. The molecule has 1 rings (SSSR count). The lowest BCUT2D eigenvalue weighted by Gasteiger charge is -2.25. The van der Waals surface area contributed by atoms with Gasteiger partial charge in [-0.2, -0.15) is 11.3 Å². The zero-order valence-electron chi connectivity index (χ0n) is 10.2. The van der Waals surface area contributed by atoms with Gasteiger partial charge < -0.3 is 10.4 Å². The predicted octanol–water partition coefficient (Wildman–Crippen LogP) is 2.43. The normalized spacial score (nSPS) is 11.2. The van der Waals surface area contributed by atoms with Gasteiger partial charge in [-0.15, -0.1) is 0 Å². The molecule has 0 radical (unpaired) electrons. The molecule has 2 N–H and O–H groups in total. The van der Waals surface area contributed by atoms with Crippen LogP contribution < -0.4 is 5.32 Å². The lowest BCUT2D eigenvalue weighted by Crippen LogP contribution is -2.43. The predicted molar refractivity (Wildman–Crippen MR) is 67.5 cm³/mol. The molecule has 0 spiro atoms. The van der Waals surface area contributed by atoms with E-state index >= 15 is 0 Å². The number of aliphatic carboxylic acids is 1. The Kier molecular flexibility index (Phi) is 4.28. The largest absolute Gasteiger partial charge is 0.481 e. The molecule has 0 saturated heterocycles. The lowest BCUT2D eigenvalue weighted by atomic mass is 9.98. The molecule has 1 aromatic heterocycles. The molecule has 1 aromatic rings. The minimum Gasteiger partial charge on any atom is -0.481 e. The SMILES string of the molecule is Cc1cscc1C(=O)NC(C)(C)CCC(=O)O. The monoisotopic (exact) mass is 255 g/mol. The van der Waals surface area contributed by atoms with Crippen molar-refractivity contribution in [2.45, 2.75) is 39.2 Å². The van der Waals surface area contributed by atoms with Crippen LogP contribution in [0, 0.1) is 6.92 Å². The van der Waals surface area contributed by atoms with Gasteiger partial charge in [0, 0.05) is 17.3 Å². The molecule has 17 heavy (non-hydrogen) atoms. The van der Waals surface area contributed by atoms with Crippen molar-refractivity contribution in [1.29, 1.82) is 0 Å². The van der Waals surface area contributed by atoms with E-state index in [4.69, 9.17) is 5.11 Å². The molecule has 94 valence electrons. The Morgan fingerprint density at radius 3 is 2.53 bits per heavy atom. The van der Waals surface area contributed by atoms with Gasteiger partial charge in [-0.3, -0.25) is 9.59 Å². The topological polar surface area (TPSA) is 66.4 Å². The van der Waals surface area contributed by atoms with Crippen LogP contribution in [-0.2, 0) is 4.79 Å². The Morgan fingerprint density at radius 2 is 2.06 bits per heavy atom. The van der Waals surface area contributed by atoms with Crippen molar-refractivity contribution in [3.05, 3.63) is 21.9 Å². The average molecular weight is 255 g/mol. The van der Waals surface area contributed by atoms with E-state index in [0.717, 1.165) is 5.56 Å². The molecule has 0 aliphatic rings. The van der Waals surface area contributed by atoms with Gasteiger partial charge in [0.05, 0.1) is 5.56 Å². The first-order valence-corrected chi connectivity index (χ1v) is 6.33. The number of amides is 1. The quantitative estimate of drug-likeness (QED) is 0.849. The Bertz CT molecular complexity index is 423. The Balaban J connectivity index is 2.61. The fraction of sp³-hybridized carbons (Fsp3) is 0.500. The van der Waals surface area contributed by atoms with Gasteiger partial charge in [0.2, 0.25) is 0 Å². The molecule has 0 aliphatic heterocycles. The van der Waals surface area contributed by atoms with Crippen LogP contribution in [-0.4, -0.2) is 22.5 Å². The number of carboxylic acid groups (broad SMARTS) is 1. The number of carbonyl (C=O) groups excluding carboxylic acids is 1. The molecule has 1 amide bonds. The maximum Gasteiger partial charge on any atom is 0.303 e. The van der Waals surface area contributed by atoms with Gasteiger partial charge in [-0.05, 0) is 38.1 Å². The number of carboxylic acids is 1. The molecule has 5 heteroatoms. The standard InChI is InChI=1S/C12H17NO3S/c1-8-6-17-7-9(8)11(16)13-12(2,3)5-4-10(14)15/h6-7H,4-5H2,1-3H3,(H,13,16)(H,14,15). The van der Waals surface area contributed by atoms with Crippen molar-refractivity contribution in [3.8, 4) is 0 Å². The van der Waals surface area contributed by atoms with Crippen molar-refractivity contribution < 1.29 is 14.7 Å². The Labute approximate surface area is 105 Å². The molecule has 4 nitrogen and oxygen atoms in total. The number of hydrogen-bond donors (Lipinski definition) is 2. The van der Waals surface area contributed by atoms with E-state index in [1.165, 1.54) is 11.3 Å². The number of nitrogens with one attached hydrogen (secondary N) is 1. The zero-order chi connectivity index (χ0) is 13.1. The van der Waals surface area contributed by atoms with E-state index in [1.54, 1.807) is 5.38 Å². The van der Waals surface area contributed by atoms with Crippen LogP contribution in [0.5, 0.6) is 0 Å². The molecule has 0 bridgehead atoms. The summed E-state index contributed by atoms with van der Waals surface area (Å²) >= 11 is 1.48. The fourth-order valence-electron chi connectivity index (χ4n) is 1.45. The van der Waals surface area contributed by atoms with Gasteiger partial charge in [0.1, 0.15) is 0 Å². The molecule has 0 aromatic carbocycles. The fourth-order valence-corrected chi connectivity index (χ4v) is 2.28. The highest BCUT2D eigenvalue weighted by Gasteiger charge is 2.23. The molecule has 1 heterocycles. The van der Waals surface area contributed by atoms with Crippen molar-refractivity contribution in [3.63, 3.8) is 0 Å². The molecule has 0 unspecified atom stereocenters. The smallest absolute Gasteiger partial charge is 0.303 e. The average Bonchev–Trinajstić information content (AvgIpc) is 2.61. The van der Waals surface area contributed by atoms with Crippen LogP contribution in [0.3, 0.4) is 0 Å². The summed E-state index contributed by atoms with van der Waals surface area (Å²) in [6.07, 6.45) is 0.465. The maximum absolute atomic E-state index is 11.9. The van der Waals surface area contributed by atoms with Crippen LogP contribution in [0.25, 0.3) is 0 Å². The second-order valence-corrected chi connectivity index (χ2v) is 5.44. The van der Waals surface area contributed by atoms with E-state index in [0.29, 0.717) is 12.0 Å². The summed E-state index contributed by atoms with van der Waals surface area (Å²) in [5.41, 5.74) is 1.10. The first-order chi connectivity index (χ1) is 7.82. The van der Waals surface area contributed by atoms with Gasteiger partial charge >= 0.3 is 5.97 Å². The number of carbonyl (C=O) groups is 2. The highest BCUT2D eigenvalue weighted by atomic mass is 32.1. The summed E-state index contributed by atoms with van der Waals surface area (Å²) in [6.45, 7) is 5.54. The Morgan fingerprint density at radius 1 is 1.41 bits per heavy atom. The molecule has 0 saturated carbocycles. The van der Waals surface area contributed by atoms with Gasteiger partial charge in [0.15, 0.2) is 0 Å². The third-order valence-corrected chi connectivity index (χ3v) is 3.38. The van der Waals surface area contributed by atoms with Crippen molar-refractivity contribution in [1.82, 2.24) is 5.32 Å². The Hall–Kier alpha value is -1.36. The third kappa shape index (κ3) is 4.19. The second-order valence-electron chi connectivity index (χ2n) is 4.70. The number of hydrogen-bond acceptors (Lipinski definition) is 3. The minimum atomic E-state index is -0.848. The number of thiophene rings is 1. The molecular formula is C12H17NO3S. The van der Waals surface area contributed by atoms with Crippen LogP contribution in [0.1, 0.15) is 42.6 Å².